The van der Waals surface area contributed by atoms with Gasteiger partial charge in [-0.2, -0.15) is 13.2 Å². The molecule has 0 saturated carbocycles. The van der Waals surface area contributed by atoms with Crippen molar-refractivity contribution in [1.29, 1.82) is 0 Å². The quantitative estimate of drug-likeness (QED) is 0.476. The van der Waals surface area contributed by atoms with Crippen LogP contribution in [-0.2, 0) is 10.7 Å². The summed E-state index contributed by atoms with van der Waals surface area (Å²) in [6.07, 6.45) is -4.13. The Bertz CT molecular complexity index is 884. The second-order valence-electron chi connectivity index (χ2n) is 4.90. The molecule has 12 heteroatoms. The van der Waals surface area contributed by atoms with E-state index in [9.17, 15) is 32.7 Å². The summed E-state index contributed by atoms with van der Waals surface area (Å²) in [5, 5.41) is 10.00. The van der Waals surface area contributed by atoms with Crippen molar-refractivity contribution in [3.8, 4) is 11.6 Å². The van der Waals surface area contributed by atoms with Crippen LogP contribution in [0.5, 0.6) is 11.6 Å². The van der Waals surface area contributed by atoms with Gasteiger partial charge in [-0.05, 0) is 12.1 Å². The molecule has 0 aliphatic heterocycles. The lowest BCUT2D eigenvalue weighted by molar-refractivity contribution is -0.383. The van der Waals surface area contributed by atoms with Crippen molar-refractivity contribution >= 4 is 30.0 Å². The summed E-state index contributed by atoms with van der Waals surface area (Å²) < 4.78 is 54.7. The van der Waals surface area contributed by atoms with Crippen molar-refractivity contribution in [2.45, 2.75) is 6.18 Å². The van der Waals surface area contributed by atoms with E-state index in [1.54, 1.807) is 0 Å². The Hall–Kier alpha value is -2.16. The number of halogens is 4. The van der Waals surface area contributed by atoms with Gasteiger partial charge in [-0.1, -0.05) is 11.6 Å². The van der Waals surface area contributed by atoms with Crippen molar-refractivity contribution in [3.63, 3.8) is 0 Å². The topological polar surface area (TPSA) is 103 Å². The summed E-state index contributed by atoms with van der Waals surface area (Å²) in [7, 11) is -4.01. The Balaban J connectivity index is 2.42. The molecule has 0 bridgehead atoms. The summed E-state index contributed by atoms with van der Waals surface area (Å²) in [6, 6.07) is 3.59. The first-order valence-corrected chi connectivity index (χ1v) is 8.88. The number of hydrogen-bond acceptors (Lipinski definition) is 5. The molecule has 7 nitrogen and oxygen atoms in total. The normalized spacial score (nSPS) is 14.0. The molecule has 1 N–H and O–H groups in total. The zero-order valence-electron chi connectivity index (χ0n) is 12.3. The van der Waals surface area contributed by atoms with Gasteiger partial charge in [-0.15, -0.1) is 0 Å². The number of nitrogens with zero attached hydrogens (tertiary/aromatic N) is 2. The van der Waals surface area contributed by atoms with E-state index in [0.29, 0.717) is 12.3 Å². The van der Waals surface area contributed by atoms with Crippen LogP contribution in [0.1, 0.15) is 5.56 Å². The second kappa shape index (κ2) is 6.62. The Morgan fingerprint density at radius 3 is 2.48 bits per heavy atom. The zero-order valence-corrected chi connectivity index (χ0v) is 14.0. The largest absolute Gasteiger partial charge is 0.438 e. The number of ether oxygens (including phenoxy) is 1. The molecule has 1 atom stereocenters. The van der Waals surface area contributed by atoms with Crippen LogP contribution in [0.15, 0.2) is 30.5 Å². The van der Waals surface area contributed by atoms with Gasteiger partial charge in [0.05, 0.1) is 10.5 Å². The lowest BCUT2D eigenvalue weighted by Crippen LogP contribution is -2.10. The monoisotopic (exact) mass is 396 g/mol. The summed E-state index contributed by atoms with van der Waals surface area (Å²) in [5.74, 6) is -0.538. The number of alkyl halides is 3. The third-order valence-corrected chi connectivity index (χ3v) is 4.46. The van der Waals surface area contributed by atoms with Gasteiger partial charge < -0.3 is 9.63 Å². The van der Waals surface area contributed by atoms with Gasteiger partial charge >= 0.3 is 6.18 Å². The smallest absolute Gasteiger partial charge is 0.417 e. The maximum atomic E-state index is 12.6. The fourth-order valence-electron chi connectivity index (χ4n) is 1.82. The molecule has 0 fully saturated rings. The molecule has 1 unspecified atom stereocenters. The third-order valence-electron chi connectivity index (χ3n) is 2.94. The van der Waals surface area contributed by atoms with Crippen LogP contribution >= 0.6 is 19.0 Å². The first-order chi connectivity index (χ1) is 11.4. The molecule has 2 aromatic rings. The fourth-order valence-corrected chi connectivity index (χ4v) is 2.97. The number of aromatic nitrogens is 1. The molecule has 0 radical (unpaired) electrons. The minimum atomic E-state index is -4.64. The van der Waals surface area contributed by atoms with Crippen molar-refractivity contribution in [2.75, 3.05) is 6.66 Å². The van der Waals surface area contributed by atoms with E-state index in [-0.39, 0.29) is 5.75 Å². The van der Waals surface area contributed by atoms with Crippen molar-refractivity contribution in [1.82, 2.24) is 4.98 Å². The van der Waals surface area contributed by atoms with Gasteiger partial charge in [0.2, 0.25) is 13.2 Å². The second-order valence-corrected chi connectivity index (χ2v) is 7.54. The van der Waals surface area contributed by atoms with Crippen LogP contribution in [-0.4, -0.2) is 21.5 Å². The van der Waals surface area contributed by atoms with E-state index in [2.05, 4.69) is 4.98 Å². The molecule has 0 amide bonds. The average molecular weight is 397 g/mol. The molecule has 2 rings (SSSR count). The molecule has 1 heterocycles. The van der Waals surface area contributed by atoms with Crippen LogP contribution in [0, 0.1) is 10.1 Å². The van der Waals surface area contributed by atoms with Crippen LogP contribution < -0.4 is 10.0 Å². The maximum absolute atomic E-state index is 12.6. The van der Waals surface area contributed by atoms with E-state index in [1.807, 2.05) is 0 Å². The molecular formula is C13H9ClF3N2O5P. The van der Waals surface area contributed by atoms with E-state index in [1.165, 1.54) is 0 Å². The maximum Gasteiger partial charge on any atom is 0.417 e. The first kappa shape index (κ1) is 19.2. The Morgan fingerprint density at radius 2 is 2.00 bits per heavy atom. The lowest BCUT2D eigenvalue weighted by atomic mass is 10.3. The fraction of sp³-hybridized carbons (Fsp3) is 0.154. The van der Waals surface area contributed by atoms with Crippen LogP contribution in [0.4, 0.5) is 18.9 Å². The minimum absolute atomic E-state index is 0.147. The van der Waals surface area contributed by atoms with Gasteiger partial charge in [0.25, 0.3) is 5.69 Å². The highest BCUT2D eigenvalue weighted by Gasteiger charge is 2.32. The van der Waals surface area contributed by atoms with Crippen LogP contribution in [0.25, 0.3) is 0 Å². The molecule has 0 saturated heterocycles. The zero-order chi connectivity index (χ0) is 19.0. The highest BCUT2D eigenvalue weighted by molar-refractivity contribution is 7.65. The molecule has 0 spiro atoms. The van der Waals surface area contributed by atoms with E-state index < -0.39 is 45.9 Å². The molecule has 25 heavy (non-hydrogen) atoms. The first-order valence-electron chi connectivity index (χ1n) is 6.39. The number of hydrogen-bond donors (Lipinski definition) is 1. The lowest BCUT2D eigenvalue weighted by Gasteiger charge is -2.12. The van der Waals surface area contributed by atoms with Crippen LogP contribution in [0.3, 0.4) is 0 Å². The van der Waals surface area contributed by atoms with E-state index in [0.717, 1.165) is 24.9 Å². The predicted octanol–water partition coefficient (Wildman–Crippen LogP) is 3.98. The Labute approximate surface area is 143 Å². The van der Waals surface area contributed by atoms with Gasteiger partial charge in [-0.25, -0.2) is 4.98 Å². The molecular weight excluding hydrogens is 388 g/mol. The Morgan fingerprint density at radius 1 is 1.36 bits per heavy atom. The van der Waals surface area contributed by atoms with Gasteiger partial charge in [0.15, 0.2) is 0 Å². The Kier molecular flexibility index (Phi) is 5.08. The summed E-state index contributed by atoms with van der Waals surface area (Å²) in [6.45, 7) is 0.905. The van der Waals surface area contributed by atoms with Crippen molar-refractivity contribution in [2.24, 2.45) is 0 Å². The number of nitro groups is 1. The molecule has 134 valence electrons. The molecule has 1 aromatic heterocycles. The van der Waals surface area contributed by atoms with Gasteiger partial charge in [0.1, 0.15) is 16.1 Å². The summed E-state index contributed by atoms with van der Waals surface area (Å²) >= 11 is 5.70. The van der Waals surface area contributed by atoms with Crippen molar-refractivity contribution in [3.05, 3.63) is 51.2 Å². The predicted molar refractivity (Wildman–Crippen MR) is 82.8 cm³/mol. The number of nitro benzene ring substituents is 1. The van der Waals surface area contributed by atoms with Crippen molar-refractivity contribution < 1.29 is 32.3 Å². The third kappa shape index (κ3) is 4.47. The molecule has 0 aliphatic carbocycles. The molecule has 0 aliphatic rings. The highest BCUT2D eigenvalue weighted by Crippen LogP contribution is 2.40. The standard InChI is InChI=1S/C13H9ClF3N2O5P/c1-25(22,23)11-5-8(2-3-10(11)19(20)21)24-12-9(14)4-7(6-18-12)13(15,16)17/h2-6H,1H3,(H,22,23). The minimum Gasteiger partial charge on any atom is -0.438 e. The van der Waals surface area contributed by atoms with Gasteiger partial charge in [-0.3, -0.25) is 14.7 Å². The SMILES string of the molecule is CP(=O)(O)c1cc(Oc2ncc(C(F)(F)F)cc2Cl)ccc1[N+](=O)[O-]. The number of benzene rings is 1. The van der Waals surface area contributed by atoms with E-state index in [4.69, 9.17) is 16.3 Å². The average Bonchev–Trinajstić information content (AvgIpc) is 2.47. The van der Waals surface area contributed by atoms with Gasteiger partial charge in [0, 0.05) is 25.0 Å². The number of rotatable bonds is 4. The number of pyridine rings is 1. The highest BCUT2D eigenvalue weighted by atomic mass is 35.5. The molecule has 1 aromatic carbocycles. The van der Waals surface area contributed by atoms with E-state index >= 15 is 0 Å². The van der Waals surface area contributed by atoms with Crippen LogP contribution in [0.2, 0.25) is 5.02 Å². The summed E-state index contributed by atoms with van der Waals surface area (Å²) in [5.41, 5.74) is -1.67. The summed E-state index contributed by atoms with van der Waals surface area (Å²) in [4.78, 5) is 23.1.